The predicted octanol–water partition coefficient (Wildman–Crippen LogP) is 1.85. The van der Waals surface area contributed by atoms with Gasteiger partial charge in [-0.3, -0.25) is 0 Å². The van der Waals surface area contributed by atoms with E-state index in [-0.39, 0.29) is 12.4 Å². The molecule has 0 spiro atoms. The molecule has 104 valence electrons. The monoisotopic (exact) mass is 272 g/mol. The molecule has 0 saturated heterocycles. The molecule has 0 aliphatic heterocycles. The molecule has 20 heavy (non-hydrogen) atoms. The lowest BCUT2D eigenvalue weighted by atomic mass is 10.1. The molecule has 0 saturated carbocycles. The normalized spacial score (nSPS) is 11.3. The Morgan fingerprint density at radius 1 is 1.00 bits per heavy atom. The van der Waals surface area contributed by atoms with Gasteiger partial charge in [0, 0.05) is 5.56 Å². The van der Waals surface area contributed by atoms with Crippen molar-refractivity contribution >= 4 is 5.84 Å². The van der Waals surface area contributed by atoms with Gasteiger partial charge in [-0.1, -0.05) is 41.6 Å². The summed E-state index contributed by atoms with van der Waals surface area (Å²) < 4.78 is 5.63. The highest BCUT2D eigenvalue weighted by molar-refractivity contribution is 5.96. The summed E-state index contributed by atoms with van der Waals surface area (Å²) in [6, 6.07) is 14.5. The first-order chi connectivity index (χ1) is 9.72. The molecule has 0 atom stereocenters. The average molecular weight is 272 g/mol. The van der Waals surface area contributed by atoms with Crippen molar-refractivity contribution in [1.82, 2.24) is 0 Å². The fourth-order valence-electron chi connectivity index (χ4n) is 1.69. The Kier molecular flexibility index (Phi) is 4.57. The number of benzene rings is 2. The van der Waals surface area contributed by atoms with Crippen molar-refractivity contribution in [2.45, 2.75) is 13.2 Å². The molecule has 0 radical (unpaired) electrons. The Morgan fingerprint density at radius 3 is 2.15 bits per heavy atom. The highest BCUT2D eigenvalue weighted by Crippen LogP contribution is 2.14. The van der Waals surface area contributed by atoms with E-state index in [4.69, 9.17) is 20.8 Å². The summed E-state index contributed by atoms with van der Waals surface area (Å²) in [4.78, 5) is 0. The lowest BCUT2D eigenvalue weighted by molar-refractivity contribution is 0.280. The van der Waals surface area contributed by atoms with Gasteiger partial charge in [0.25, 0.3) is 0 Å². The molecule has 5 nitrogen and oxygen atoms in total. The summed E-state index contributed by atoms with van der Waals surface area (Å²) in [5.41, 5.74) is 7.97. The maximum absolute atomic E-state index is 8.95. The molecule has 5 heteroatoms. The highest BCUT2D eigenvalue weighted by atomic mass is 16.5. The molecule has 0 amide bonds. The first-order valence-corrected chi connectivity index (χ1v) is 6.12. The van der Waals surface area contributed by atoms with E-state index in [1.165, 1.54) is 0 Å². The van der Waals surface area contributed by atoms with Crippen LogP contribution in [0.3, 0.4) is 0 Å². The van der Waals surface area contributed by atoms with Crippen molar-refractivity contribution < 1.29 is 15.1 Å². The minimum Gasteiger partial charge on any atom is -0.489 e. The number of hydrogen-bond acceptors (Lipinski definition) is 4. The molecule has 0 fully saturated rings. The zero-order valence-electron chi connectivity index (χ0n) is 10.9. The largest absolute Gasteiger partial charge is 0.489 e. The first kappa shape index (κ1) is 13.9. The van der Waals surface area contributed by atoms with Gasteiger partial charge in [0.1, 0.15) is 12.4 Å². The third-order valence-electron chi connectivity index (χ3n) is 2.87. The maximum atomic E-state index is 8.95. The molecule has 0 unspecified atom stereocenters. The zero-order valence-corrected chi connectivity index (χ0v) is 10.9. The van der Waals surface area contributed by atoms with Crippen molar-refractivity contribution in [3.05, 3.63) is 65.2 Å². The van der Waals surface area contributed by atoms with Crippen LogP contribution >= 0.6 is 0 Å². The topological polar surface area (TPSA) is 88.1 Å². The van der Waals surface area contributed by atoms with Gasteiger partial charge < -0.3 is 20.8 Å². The summed E-state index contributed by atoms with van der Waals surface area (Å²) >= 11 is 0. The minimum atomic E-state index is 0.0234. The summed E-state index contributed by atoms with van der Waals surface area (Å²) in [5, 5.41) is 20.5. The molecular weight excluding hydrogens is 256 g/mol. The lowest BCUT2D eigenvalue weighted by Gasteiger charge is -2.07. The van der Waals surface area contributed by atoms with Crippen molar-refractivity contribution in [1.29, 1.82) is 0 Å². The maximum Gasteiger partial charge on any atom is 0.170 e. The number of oxime groups is 1. The van der Waals surface area contributed by atoms with Crippen LogP contribution in [-0.4, -0.2) is 16.1 Å². The summed E-state index contributed by atoms with van der Waals surface area (Å²) in [6.45, 7) is 0.449. The molecule has 0 aliphatic carbocycles. The fraction of sp³-hybridized carbons (Fsp3) is 0.133. The van der Waals surface area contributed by atoms with Crippen LogP contribution in [0.4, 0.5) is 0 Å². The number of nitrogens with two attached hydrogens (primary N) is 1. The lowest BCUT2D eigenvalue weighted by Crippen LogP contribution is -2.12. The quantitative estimate of drug-likeness (QED) is 0.335. The second-order valence-electron chi connectivity index (χ2n) is 4.27. The molecule has 2 aromatic carbocycles. The smallest absolute Gasteiger partial charge is 0.170 e. The van der Waals surface area contributed by atoms with E-state index < -0.39 is 0 Å². The molecule has 4 N–H and O–H groups in total. The number of aliphatic hydroxyl groups excluding tert-OH is 1. The Bertz CT molecular complexity index is 577. The Labute approximate surface area is 116 Å². The average Bonchev–Trinajstić information content (AvgIpc) is 2.53. The van der Waals surface area contributed by atoms with Gasteiger partial charge >= 0.3 is 0 Å². The minimum absolute atomic E-state index is 0.0234. The predicted molar refractivity (Wildman–Crippen MR) is 75.6 cm³/mol. The number of nitrogens with zero attached hydrogens (tertiary/aromatic N) is 1. The molecule has 0 bridgehead atoms. The van der Waals surface area contributed by atoms with Crippen LogP contribution in [0.5, 0.6) is 5.75 Å². The number of amidine groups is 1. The van der Waals surface area contributed by atoms with Crippen LogP contribution in [0.1, 0.15) is 16.7 Å². The zero-order chi connectivity index (χ0) is 14.4. The summed E-state index contributed by atoms with van der Waals surface area (Å²) in [7, 11) is 0. The Balaban J connectivity index is 1.96. The number of ether oxygens (including phenoxy) is 1. The molecule has 0 aliphatic rings. The van der Waals surface area contributed by atoms with Gasteiger partial charge in [-0.25, -0.2) is 0 Å². The van der Waals surface area contributed by atoms with E-state index >= 15 is 0 Å². The first-order valence-electron chi connectivity index (χ1n) is 6.12. The molecule has 2 rings (SSSR count). The van der Waals surface area contributed by atoms with E-state index in [0.29, 0.717) is 12.2 Å². The second-order valence-corrected chi connectivity index (χ2v) is 4.27. The van der Waals surface area contributed by atoms with Gasteiger partial charge in [-0.05, 0) is 23.3 Å². The fourth-order valence-corrected chi connectivity index (χ4v) is 1.69. The molecular formula is C15H16N2O3. The second kappa shape index (κ2) is 6.58. The van der Waals surface area contributed by atoms with Gasteiger partial charge in [-0.2, -0.15) is 0 Å². The van der Waals surface area contributed by atoms with E-state index in [9.17, 15) is 0 Å². The van der Waals surface area contributed by atoms with Crippen molar-refractivity contribution in [3.8, 4) is 5.75 Å². The van der Waals surface area contributed by atoms with Gasteiger partial charge in [0.15, 0.2) is 5.84 Å². The van der Waals surface area contributed by atoms with Crippen LogP contribution in [-0.2, 0) is 13.2 Å². The Morgan fingerprint density at radius 2 is 1.60 bits per heavy atom. The molecule has 0 aromatic heterocycles. The van der Waals surface area contributed by atoms with Crippen molar-refractivity contribution in [2.24, 2.45) is 10.9 Å². The van der Waals surface area contributed by atoms with Gasteiger partial charge in [0.05, 0.1) is 6.61 Å². The van der Waals surface area contributed by atoms with Crippen LogP contribution in [0.15, 0.2) is 53.7 Å². The Hall–Kier alpha value is -2.53. The van der Waals surface area contributed by atoms with Crippen molar-refractivity contribution in [2.75, 3.05) is 0 Å². The molecule has 0 heterocycles. The summed E-state index contributed by atoms with van der Waals surface area (Å²) in [5.74, 6) is 0.819. The number of rotatable bonds is 5. The van der Waals surface area contributed by atoms with Crippen molar-refractivity contribution in [3.63, 3.8) is 0 Å². The standard InChI is InChI=1S/C15H16N2O3/c16-15(17-19)13-5-1-12(2-6-13)10-20-14-7-3-11(9-18)4-8-14/h1-8,18-19H,9-10H2,(H2,16,17). The third-order valence-corrected chi connectivity index (χ3v) is 2.87. The number of hydrogen-bond donors (Lipinski definition) is 3. The van der Waals surface area contributed by atoms with Gasteiger partial charge in [0.2, 0.25) is 0 Å². The van der Waals surface area contributed by atoms with E-state index in [1.807, 2.05) is 36.4 Å². The van der Waals surface area contributed by atoms with E-state index in [0.717, 1.165) is 16.9 Å². The van der Waals surface area contributed by atoms with E-state index in [2.05, 4.69) is 5.16 Å². The third kappa shape index (κ3) is 3.49. The highest BCUT2D eigenvalue weighted by Gasteiger charge is 2.00. The molecule has 2 aromatic rings. The van der Waals surface area contributed by atoms with Crippen LogP contribution in [0.25, 0.3) is 0 Å². The number of aliphatic hydroxyl groups is 1. The van der Waals surface area contributed by atoms with Crippen LogP contribution in [0.2, 0.25) is 0 Å². The SMILES string of the molecule is NC(=NO)c1ccc(COc2ccc(CO)cc2)cc1. The van der Waals surface area contributed by atoms with Gasteiger partial charge in [-0.15, -0.1) is 0 Å². The van der Waals surface area contributed by atoms with Crippen LogP contribution in [0, 0.1) is 0 Å². The van der Waals surface area contributed by atoms with Crippen LogP contribution < -0.4 is 10.5 Å². The van der Waals surface area contributed by atoms with E-state index in [1.54, 1.807) is 12.1 Å². The summed E-state index contributed by atoms with van der Waals surface area (Å²) in [6.07, 6.45) is 0.